The summed E-state index contributed by atoms with van der Waals surface area (Å²) in [5, 5.41) is 14.2. The monoisotopic (exact) mass is 569 g/mol. The molecule has 0 aliphatic carbocycles. The van der Waals surface area contributed by atoms with Crippen molar-refractivity contribution in [2.75, 3.05) is 23.3 Å². The van der Waals surface area contributed by atoms with Gasteiger partial charge in [-0.1, -0.05) is 23.8 Å². The molecular formula is C33H27N7O3. The van der Waals surface area contributed by atoms with Crippen LogP contribution in [-0.2, 0) is 4.79 Å². The van der Waals surface area contributed by atoms with E-state index >= 15 is 0 Å². The lowest BCUT2D eigenvalue weighted by atomic mass is 10.0. The molecule has 10 heteroatoms. The first-order valence-electron chi connectivity index (χ1n) is 13.7. The number of fused-ring (bicyclic) bond motifs is 1. The number of nitriles is 1. The van der Waals surface area contributed by atoms with E-state index in [-0.39, 0.29) is 0 Å². The second-order valence-electron chi connectivity index (χ2n) is 9.87. The van der Waals surface area contributed by atoms with Gasteiger partial charge in [-0.25, -0.2) is 4.98 Å². The maximum Gasteiger partial charge on any atom is 0.243 e. The Bertz CT molecular complexity index is 1840. The van der Waals surface area contributed by atoms with Gasteiger partial charge in [-0.2, -0.15) is 5.26 Å². The summed E-state index contributed by atoms with van der Waals surface area (Å²) in [5.74, 6) is 1.81. The number of amides is 1. The number of hydrogen-bond acceptors (Lipinski definition) is 9. The molecule has 0 radical (unpaired) electrons. The molecule has 0 spiro atoms. The van der Waals surface area contributed by atoms with Crippen molar-refractivity contribution in [2.45, 2.75) is 12.8 Å². The number of nitrogens with two attached hydrogens (primary N) is 1. The molecule has 0 atom stereocenters. The first-order valence-corrected chi connectivity index (χ1v) is 13.7. The zero-order valence-electron chi connectivity index (χ0n) is 23.1. The van der Waals surface area contributed by atoms with Gasteiger partial charge in [-0.3, -0.25) is 14.8 Å². The molecule has 0 saturated carbocycles. The van der Waals surface area contributed by atoms with Crippen molar-refractivity contribution in [3.05, 3.63) is 109 Å². The summed E-state index contributed by atoms with van der Waals surface area (Å²) >= 11 is 0. The predicted molar refractivity (Wildman–Crippen MR) is 164 cm³/mol. The van der Waals surface area contributed by atoms with E-state index in [0.29, 0.717) is 71.5 Å². The van der Waals surface area contributed by atoms with Gasteiger partial charge in [0.05, 0.1) is 22.5 Å². The SMILES string of the molecule is N#Cc1cnc2cc(Oc3ccncc3)c(N3CCC(=CC(N)=O)CC3)cc2c1Nc1cccnc1Oc1ccccc1. The van der Waals surface area contributed by atoms with E-state index < -0.39 is 5.91 Å². The number of carbonyl (C=O) groups is 1. The topological polar surface area (TPSA) is 139 Å². The molecule has 3 aromatic heterocycles. The predicted octanol–water partition coefficient (Wildman–Crippen LogP) is 6.24. The average Bonchev–Trinajstić information content (AvgIpc) is 3.03. The number of aromatic nitrogens is 3. The third-order valence-electron chi connectivity index (χ3n) is 7.03. The van der Waals surface area contributed by atoms with E-state index in [4.69, 9.17) is 15.2 Å². The lowest BCUT2D eigenvalue weighted by molar-refractivity contribution is -0.113. The Morgan fingerprint density at radius 1 is 0.953 bits per heavy atom. The fraction of sp³-hybridized carbons (Fsp3) is 0.121. The molecule has 2 aromatic carbocycles. The van der Waals surface area contributed by atoms with Crippen LogP contribution >= 0.6 is 0 Å². The summed E-state index contributed by atoms with van der Waals surface area (Å²) < 4.78 is 12.4. The molecule has 10 nitrogen and oxygen atoms in total. The lowest BCUT2D eigenvalue weighted by Crippen LogP contribution is -2.31. The van der Waals surface area contributed by atoms with Crippen LogP contribution in [0.4, 0.5) is 17.1 Å². The molecule has 1 aliphatic rings. The average molecular weight is 570 g/mol. The van der Waals surface area contributed by atoms with Gasteiger partial charge in [0.2, 0.25) is 11.8 Å². The Kier molecular flexibility index (Phi) is 7.78. The van der Waals surface area contributed by atoms with E-state index in [1.807, 2.05) is 48.5 Å². The van der Waals surface area contributed by atoms with Gasteiger partial charge < -0.3 is 25.4 Å². The second kappa shape index (κ2) is 12.3. The molecule has 0 unspecified atom stereocenters. The minimum atomic E-state index is -0.437. The molecule has 0 bridgehead atoms. The number of piperidine rings is 1. The van der Waals surface area contributed by atoms with Crippen molar-refractivity contribution < 1.29 is 14.3 Å². The van der Waals surface area contributed by atoms with E-state index in [1.165, 1.54) is 12.3 Å². The highest BCUT2D eigenvalue weighted by Gasteiger charge is 2.22. The fourth-order valence-corrected chi connectivity index (χ4v) is 4.97. The third-order valence-corrected chi connectivity index (χ3v) is 7.03. The van der Waals surface area contributed by atoms with Crippen LogP contribution in [0.5, 0.6) is 23.1 Å². The van der Waals surface area contributed by atoms with Crippen molar-refractivity contribution in [1.82, 2.24) is 15.0 Å². The van der Waals surface area contributed by atoms with Crippen molar-refractivity contribution in [2.24, 2.45) is 5.73 Å². The Labute approximate surface area is 248 Å². The molecule has 3 N–H and O–H groups in total. The summed E-state index contributed by atoms with van der Waals surface area (Å²) in [6, 6.07) is 22.7. The number of carbonyl (C=O) groups excluding carboxylic acids is 1. The summed E-state index contributed by atoms with van der Waals surface area (Å²) in [5.41, 5.74) is 9.39. The highest BCUT2D eigenvalue weighted by molar-refractivity contribution is 5.99. The number of nitrogens with zero attached hydrogens (tertiary/aromatic N) is 5. The molecule has 6 rings (SSSR count). The summed E-state index contributed by atoms with van der Waals surface area (Å²) in [7, 11) is 0. The Morgan fingerprint density at radius 2 is 1.72 bits per heavy atom. The van der Waals surface area contributed by atoms with Crippen LogP contribution < -0.4 is 25.4 Å². The molecule has 1 amide bonds. The summed E-state index contributed by atoms with van der Waals surface area (Å²) in [6.45, 7) is 1.31. The smallest absolute Gasteiger partial charge is 0.243 e. The maximum atomic E-state index is 11.5. The molecule has 4 heterocycles. The molecule has 1 fully saturated rings. The third kappa shape index (κ3) is 6.21. The van der Waals surface area contributed by atoms with Crippen LogP contribution in [0, 0.1) is 11.3 Å². The number of anilines is 3. The first kappa shape index (κ1) is 27.2. The summed E-state index contributed by atoms with van der Waals surface area (Å²) in [4.78, 5) is 26.8. The minimum absolute atomic E-state index is 0.362. The van der Waals surface area contributed by atoms with E-state index in [1.54, 1.807) is 36.8 Å². The van der Waals surface area contributed by atoms with Gasteiger partial charge in [0.25, 0.3) is 0 Å². The second-order valence-corrected chi connectivity index (χ2v) is 9.87. The largest absolute Gasteiger partial charge is 0.455 e. The minimum Gasteiger partial charge on any atom is -0.455 e. The van der Waals surface area contributed by atoms with Gasteiger partial charge >= 0.3 is 0 Å². The van der Waals surface area contributed by atoms with Crippen molar-refractivity contribution in [1.29, 1.82) is 5.26 Å². The number of hydrogen-bond donors (Lipinski definition) is 2. The number of nitrogens with one attached hydrogen (secondary N) is 1. The van der Waals surface area contributed by atoms with Crippen LogP contribution in [0.1, 0.15) is 18.4 Å². The van der Waals surface area contributed by atoms with Crippen LogP contribution in [-0.4, -0.2) is 33.9 Å². The van der Waals surface area contributed by atoms with Crippen LogP contribution in [0.15, 0.2) is 103 Å². The van der Waals surface area contributed by atoms with E-state index in [2.05, 4.69) is 31.2 Å². The highest BCUT2D eigenvalue weighted by Crippen LogP contribution is 2.41. The number of para-hydroxylation sites is 1. The molecular weight excluding hydrogens is 542 g/mol. The Morgan fingerprint density at radius 3 is 2.47 bits per heavy atom. The van der Waals surface area contributed by atoms with Crippen molar-refractivity contribution in [3.63, 3.8) is 0 Å². The van der Waals surface area contributed by atoms with Gasteiger partial charge in [0.15, 0.2) is 5.75 Å². The number of ether oxygens (including phenoxy) is 2. The normalized spacial score (nSPS) is 12.8. The Balaban J connectivity index is 1.43. The van der Waals surface area contributed by atoms with Gasteiger partial charge in [-0.05, 0) is 55.3 Å². The van der Waals surface area contributed by atoms with Gasteiger partial charge in [0.1, 0.15) is 23.3 Å². The molecule has 1 saturated heterocycles. The number of pyridine rings is 3. The fourth-order valence-electron chi connectivity index (χ4n) is 4.97. The van der Waals surface area contributed by atoms with Crippen LogP contribution in [0.25, 0.3) is 10.9 Å². The number of rotatable bonds is 8. The molecule has 212 valence electrons. The highest BCUT2D eigenvalue weighted by atomic mass is 16.5. The van der Waals surface area contributed by atoms with Gasteiger partial charge in [0, 0.05) is 55.4 Å². The van der Waals surface area contributed by atoms with Crippen molar-refractivity contribution >= 4 is 33.9 Å². The number of benzene rings is 2. The molecule has 1 aliphatic heterocycles. The zero-order chi connectivity index (χ0) is 29.6. The van der Waals surface area contributed by atoms with Gasteiger partial charge in [-0.15, -0.1) is 0 Å². The lowest BCUT2D eigenvalue weighted by Gasteiger charge is -2.32. The first-order chi connectivity index (χ1) is 21.1. The quantitative estimate of drug-likeness (QED) is 0.208. The van der Waals surface area contributed by atoms with Crippen LogP contribution in [0.2, 0.25) is 0 Å². The Hall–Kier alpha value is -5.95. The zero-order valence-corrected chi connectivity index (χ0v) is 23.1. The van der Waals surface area contributed by atoms with E-state index in [0.717, 1.165) is 16.6 Å². The standard InChI is InChI=1S/C33H27N7O3/c34-20-23-21-38-28-19-30(42-25-8-13-36-14-9-25)29(40-15-10-22(11-16-40)17-31(35)41)18-26(28)32(23)39-27-7-4-12-37-33(27)43-24-5-2-1-3-6-24/h1-9,12-14,17-19,21H,10-11,15-16H2,(H2,35,41)(H,38,39). The number of primary amides is 1. The molecule has 43 heavy (non-hydrogen) atoms. The summed E-state index contributed by atoms with van der Waals surface area (Å²) in [6.07, 6.45) is 9.41. The maximum absolute atomic E-state index is 11.5. The van der Waals surface area contributed by atoms with E-state index in [9.17, 15) is 10.1 Å². The van der Waals surface area contributed by atoms with Crippen molar-refractivity contribution in [3.8, 4) is 29.2 Å². The van der Waals surface area contributed by atoms with Crippen LogP contribution in [0.3, 0.4) is 0 Å². The molecule has 5 aromatic rings.